The predicted octanol–water partition coefficient (Wildman–Crippen LogP) is 0.415. The maximum Gasteiger partial charge on any atom is 0.0469 e. The molecule has 0 aromatic carbocycles. The molecule has 1 aliphatic heterocycles. The average Bonchev–Trinajstić information content (AvgIpc) is 2.12. The third-order valence-electron chi connectivity index (χ3n) is 1.76. The highest BCUT2D eigenvalue weighted by Crippen LogP contribution is 2.11. The molecule has 0 spiro atoms. The van der Waals surface area contributed by atoms with Crippen molar-refractivity contribution in [3.63, 3.8) is 0 Å². The standard InChI is InChI=1S/C6H14N2OS/c1-2-8-6-3-4-10(7,9)5-6/h6-8H,2-5H2,1H3. The molecule has 4 heteroatoms. The van der Waals surface area contributed by atoms with E-state index in [1.165, 1.54) is 0 Å². The van der Waals surface area contributed by atoms with Crippen molar-refractivity contribution >= 4 is 9.73 Å². The zero-order valence-electron chi connectivity index (χ0n) is 6.22. The molecule has 0 aliphatic carbocycles. The van der Waals surface area contributed by atoms with Crippen LogP contribution in [-0.4, -0.2) is 28.3 Å². The van der Waals surface area contributed by atoms with Crippen LogP contribution in [-0.2, 0) is 9.73 Å². The smallest absolute Gasteiger partial charge is 0.0469 e. The minimum atomic E-state index is -2.18. The Morgan fingerprint density at radius 2 is 2.50 bits per heavy atom. The molecule has 3 nitrogen and oxygen atoms in total. The Morgan fingerprint density at radius 3 is 2.90 bits per heavy atom. The average molecular weight is 162 g/mol. The lowest BCUT2D eigenvalue weighted by molar-refractivity contribution is 0.577. The lowest BCUT2D eigenvalue weighted by Crippen LogP contribution is -2.29. The zero-order chi connectivity index (χ0) is 7.61. The van der Waals surface area contributed by atoms with E-state index >= 15 is 0 Å². The Bertz CT molecular complexity index is 198. The molecule has 0 bridgehead atoms. The Balaban J connectivity index is 2.44. The van der Waals surface area contributed by atoms with Crippen molar-refractivity contribution in [2.24, 2.45) is 0 Å². The van der Waals surface area contributed by atoms with Gasteiger partial charge in [0, 0.05) is 27.3 Å². The van der Waals surface area contributed by atoms with Crippen LogP contribution in [0.3, 0.4) is 0 Å². The molecule has 1 fully saturated rings. The second kappa shape index (κ2) is 2.88. The van der Waals surface area contributed by atoms with Gasteiger partial charge in [-0.25, -0.2) is 4.21 Å². The first kappa shape index (κ1) is 8.01. The van der Waals surface area contributed by atoms with Crippen LogP contribution in [0.2, 0.25) is 0 Å². The maximum absolute atomic E-state index is 11.1. The fraction of sp³-hybridized carbons (Fsp3) is 1.00. The van der Waals surface area contributed by atoms with E-state index in [2.05, 4.69) is 5.32 Å². The fourth-order valence-corrected chi connectivity index (χ4v) is 3.04. The van der Waals surface area contributed by atoms with Crippen molar-refractivity contribution in [2.75, 3.05) is 18.1 Å². The van der Waals surface area contributed by atoms with Gasteiger partial charge < -0.3 is 5.32 Å². The topological polar surface area (TPSA) is 53.0 Å². The lowest BCUT2D eigenvalue weighted by Gasteiger charge is -2.06. The highest BCUT2D eigenvalue weighted by molar-refractivity contribution is 7.92. The molecule has 1 rings (SSSR count). The summed E-state index contributed by atoms with van der Waals surface area (Å²) in [5, 5.41) is 3.20. The normalized spacial score (nSPS) is 40.3. The molecule has 2 N–H and O–H groups in total. The number of nitrogens with one attached hydrogen (secondary N) is 2. The highest BCUT2D eigenvalue weighted by Gasteiger charge is 2.23. The van der Waals surface area contributed by atoms with Crippen LogP contribution in [0, 0.1) is 4.78 Å². The Hall–Kier alpha value is -0.0900. The van der Waals surface area contributed by atoms with Gasteiger partial charge in [0.2, 0.25) is 0 Å². The third-order valence-corrected chi connectivity index (χ3v) is 3.60. The van der Waals surface area contributed by atoms with Gasteiger partial charge in [-0.05, 0) is 13.0 Å². The van der Waals surface area contributed by atoms with Crippen LogP contribution >= 0.6 is 0 Å². The largest absolute Gasteiger partial charge is 0.313 e. The summed E-state index contributed by atoms with van der Waals surface area (Å²) < 4.78 is 18.4. The molecule has 0 amide bonds. The molecule has 0 aromatic rings. The van der Waals surface area contributed by atoms with Gasteiger partial charge in [0.15, 0.2) is 0 Å². The number of hydrogen-bond acceptors (Lipinski definition) is 3. The molecule has 0 aromatic heterocycles. The van der Waals surface area contributed by atoms with Crippen LogP contribution in [0.15, 0.2) is 0 Å². The third kappa shape index (κ3) is 1.95. The van der Waals surface area contributed by atoms with Crippen molar-refractivity contribution < 1.29 is 4.21 Å². The molecule has 60 valence electrons. The quantitative estimate of drug-likeness (QED) is 0.618. The van der Waals surface area contributed by atoms with Crippen molar-refractivity contribution in [2.45, 2.75) is 19.4 Å². The minimum Gasteiger partial charge on any atom is -0.313 e. The Morgan fingerprint density at radius 1 is 1.80 bits per heavy atom. The van der Waals surface area contributed by atoms with E-state index in [0.717, 1.165) is 13.0 Å². The van der Waals surface area contributed by atoms with E-state index < -0.39 is 9.73 Å². The summed E-state index contributed by atoms with van der Waals surface area (Å²) in [5.41, 5.74) is 0. The first-order chi connectivity index (χ1) is 4.64. The summed E-state index contributed by atoms with van der Waals surface area (Å²) in [7, 11) is -2.18. The van der Waals surface area contributed by atoms with Crippen LogP contribution in [0.25, 0.3) is 0 Å². The zero-order valence-corrected chi connectivity index (χ0v) is 7.04. The van der Waals surface area contributed by atoms with Gasteiger partial charge in [0.1, 0.15) is 0 Å². The van der Waals surface area contributed by atoms with E-state index in [1.54, 1.807) is 0 Å². The van der Waals surface area contributed by atoms with Crippen LogP contribution in [0.4, 0.5) is 0 Å². The molecule has 1 saturated heterocycles. The van der Waals surface area contributed by atoms with E-state index in [1.807, 2.05) is 6.92 Å². The van der Waals surface area contributed by atoms with E-state index in [0.29, 0.717) is 17.5 Å². The summed E-state index contributed by atoms with van der Waals surface area (Å²) in [5.74, 6) is 1.14. The van der Waals surface area contributed by atoms with Gasteiger partial charge in [-0.2, -0.15) is 0 Å². The van der Waals surface area contributed by atoms with Gasteiger partial charge in [-0.1, -0.05) is 6.92 Å². The number of rotatable bonds is 2. The Labute approximate surface area is 62.2 Å². The SMILES string of the molecule is CCNC1CCS(=N)(=O)C1. The second-order valence-corrected chi connectivity index (χ2v) is 5.09. The molecular formula is C6H14N2OS. The predicted molar refractivity (Wildman–Crippen MR) is 42.7 cm³/mol. The van der Waals surface area contributed by atoms with E-state index in [9.17, 15) is 4.21 Å². The lowest BCUT2D eigenvalue weighted by atomic mass is 10.3. The molecule has 1 heterocycles. The first-order valence-corrected chi connectivity index (χ1v) is 5.51. The molecule has 0 radical (unpaired) electrons. The van der Waals surface area contributed by atoms with Crippen molar-refractivity contribution in [1.82, 2.24) is 5.32 Å². The highest BCUT2D eigenvalue weighted by atomic mass is 32.2. The van der Waals surface area contributed by atoms with Gasteiger partial charge in [-0.3, -0.25) is 4.78 Å². The summed E-state index contributed by atoms with van der Waals surface area (Å²) in [6.07, 6.45) is 0.913. The van der Waals surface area contributed by atoms with Crippen molar-refractivity contribution in [3.8, 4) is 0 Å². The van der Waals surface area contributed by atoms with Gasteiger partial charge >= 0.3 is 0 Å². The summed E-state index contributed by atoms with van der Waals surface area (Å²) in [4.78, 5) is 0. The summed E-state index contributed by atoms with van der Waals surface area (Å²) >= 11 is 0. The minimum absolute atomic E-state index is 0.343. The second-order valence-electron chi connectivity index (χ2n) is 2.73. The van der Waals surface area contributed by atoms with Crippen LogP contribution in [0.5, 0.6) is 0 Å². The number of hydrogen-bond donors (Lipinski definition) is 2. The van der Waals surface area contributed by atoms with Crippen molar-refractivity contribution in [3.05, 3.63) is 0 Å². The molecule has 0 saturated carbocycles. The fourth-order valence-electron chi connectivity index (χ4n) is 1.27. The molecule has 1 aliphatic rings. The van der Waals surface area contributed by atoms with Crippen LogP contribution in [0.1, 0.15) is 13.3 Å². The van der Waals surface area contributed by atoms with E-state index in [-0.39, 0.29) is 0 Å². The maximum atomic E-state index is 11.1. The summed E-state index contributed by atoms with van der Waals surface area (Å²) in [6, 6.07) is 0.343. The first-order valence-electron chi connectivity index (χ1n) is 3.61. The van der Waals surface area contributed by atoms with Crippen LogP contribution < -0.4 is 5.32 Å². The monoisotopic (exact) mass is 162 g/mol. The van der Waals surface area contributed by atoms with Crippen molar-refractivity contribution in [1.29, 1.82) is 4.78 Å². The summed E-state index contributed by atoms with van der Waals surface area (Å²) in [6.45, 7) is 2.95. The molecule has 2 atom stereocenters. The van der Waals surface area contributed by atoms with Gasteiger partial charge in [0.05, 0.1) is 0 Å². The van der Waals surface area contributed by atoms with Gasteiger partial charge in [0.25, 0.3) is 0 Å². The Kier molecular flexibility index (Phi) is 2.31. The molecular weight excluding hydrogens is 148 g/mol. The van der Waals surface area contributed by atoms with E-state index in [4.69, 9.17) is 4.78 Å². The van der Waals surface area contributed by atoms with Gasteiger partial charge in [-0.15, -0.1) is 0 Å². The molecule has 2 unspecified atom stereocenters. The molecule has 10 heavy (non-hydrogen) atoms.